The largest absolute Gasteiger partial charge is 0.378 e. The summed E-state index contributed by atoms with van der Waals surface area (Å²) in [5, 5.41) is 5.72. The molecule has 2 rings (SSSR count). The molecular formula is C15H23N3O2. The predicted octanol–water partition coefficient (Wildman–Crippen LogP) is 2.57. The summed E-state index contributed by atoms with van der Waals surface area (Å²) in [6, 6.07) is 1.70. The van der Waals surface area contributed by atoms with Gasteiger partial charge in [0.15, 0.2) is 0 Å². The fraction of sp³-hybridized carbons (Fsp3) is 0.600. The molecule has 1 aliphatic heterocycles. The number of anilines is 1. The first-order valence-electron chi connectivity index (χ1n) is 7.14. The number of hydrogen-bond acceptors (Lipinski definition) is 3. The summed E-state index contributed by atoms with van der Waals surface area (Å²) in [5.41, 5.74) is 1.73. The van der Waals surface area contributed by atoms with Crippen LogP contribution in [0.2, 0.25) is 0 Å². The van der Waals surface area contributed by atoms with E-state index in [1.165, 1.54) is 0 Å². The van der Waals surface area contributed by atoms with Crippen LogP contribution in [0.4, 0.5) is 10.5 Å². The van der Waals surface area contributed by atoms with Crippen LogP contribution in [0.5, 0.6) is 0 Å². The third-order valence-electron chi connectivity index (χ3n) is 3.58. The van der Waals surface area contributed by atoms with Crippen molar-refractivity contribution in [2.75, 3.05) is 18.5 Å². The van der Waals surface area contributed by atoms with Gasteiger partial charge in [-0.05, 0) is 30.9 Å². The van der Waals surface area contributed by atoms with Gasteiger partial charge in [0.1, 0.15) is 0 Å². The predicted molar refractivity (Wildman–Crippen MR) is 78.7 cm³/mol. The molecule has 2 N–H and O–H groups in total. The lowest BCUT2D eigenvalue weighted by molar-refractivity contribution is 0.0546. The molecule has 5 nitrogen and oxygen atoms in total. The Morgan fingerprint density at radius 2 is 2.30 bits per heavy atom. The highest BCUT2D eigenvalue weighted by atomic mass is 16.5. The maximum Gasteiger partial charge on any atom is 0.319 e. The average Bonchev–Trinajstić information content (AvgIpc) is 2.85. The molecular weight excluding hydrogens is 254 g/mol. The molecule has 1 fully saturated rings. The lowest BCUT2D eigenvalue weighted by atomic mass is 9.93. The van der Waals surface area contributed by atoms with Crippen LogP contribution in [0.25, 0.3) is 0 Å². The molecule has 1 aliphatic rings. The van der Waals surface area contributed by atoms with Crippen LogP contribution < -0.4 is 10.6 Å². The van der Waals surface area contributed by atoms with Crippen molar-refractivity contribution in [3.05, 3.63) is 24.0 Å². The van der Waals surface area contributed by atoms with Crippen LogP contribution in [0.3, 0.4) is 0 Å². The number of urea groups is 1. The zero-order chi connectivity index (χ0) is 14.5. The van der Waals surface area contributed by atoms with Crippen molar-refractivity contribution in [1.29, 1.82) is 0 Å². The average molecular weight is 277 g/mol. The maximum atomic E-state index is 11.9. The van der Waals surface area contributed by atoms with E-state index in [2.05, 4.69) is 29.5 Å². The Morgan fingerprint density at radius 1 is 1.50 bits per heavy atom. The first-order valence-corrected chi connectivity index (χ1v) is 7.14. The SMILES string of the molecule is Cc1cncc(NC(=O)NC[C@H]2CCO[C@@H]2C(C)C)c1. The second-order valence-electron chi connectivity index (χ2n) is 5.71. The highest BCUT2D eigenvalue weighted by molar-refractivity contribution is 5.89. The van der Waals surface area contributed by atoms with Gasteiger partial charge in [-0.15, -0.1) is 0 Å². The monoisotopic (exact) mass is 277 g/mol. The van der Waals surface area contributed by atoms with E-state index in [0.29, 0.717) is 24.1 Å². The third kappa shape index (κ3) is 3.93. The number of pyridine rings is 1. The van der Waals surface area contributed by atoms with Crippen LogP contribution >= 0.6 is 0 Å². The molecule has 0 bridgehead atoms. The molecule has 20 heavy (non-hydrogen) atoms. The molecule has 0 unspecified atom stereocenters. The second-order valence-corrected chi connectivity index (χ2v) is 5.71. The summed E-state index contributed by atoms with van der Waals surface area (Å²) < 4.78 is 5.71. The molecule has 2 heterocycles. The van der Waals surface area contributed by atoms with E-state index in [9.17, 15) is 4.79 Å². The number of hydrogen-bond donors (Lipinski definition) is 2. The summed E-state index contributed by atoms with van der Waals surface area (Å²) in [7, 11) is 0. The van der Waals surface area contributed by atoms with E-state index < -0.39 is 0 Å². The highest BCUT2D eigenvalue weighted by Gasteiger charge is 2.30. The van der Waals surface area contributed by atoms with Crippen LogP contribution in [0.1, 0.15) is 25.8 Å². The molecule has 1 aromatic rings. The number of nitrogens with zero attached hydrogens (tertiary/aromatic N) is 1. The van der Waals surface area contributed by atoms with Gasteiger partial charge >= 0.3 is 6.03 Å². The number of aromatic nitrogens is 1. The molecule has 1 saturated heterocycles. The molecule has 0 spiro atoms. The van der Waals surface area contributed by atoms with Crippen molar-refractivity contribution in [1.82, 2.24) is 10.3 Å². The quantitative estimate of drug-likeness (QED) is 0.889. The summed E-state index contributed by atoms with van der Waals surface area (Å²) in [6.45, 7) is 7.69. The number of ether oxygens (including phenoxy) is 1. The van der Waals surface area contributed by atoms with Gasteiger partial charge in [-0.2, -0.15) is 0 Å². The van der Waals surface area contributed by atoms with Crippen molar-refractivity contribution in [3.63, 3.8) is 0 Å². The van der Waals surface area contributed by atoms with E-state index in [1.54, 1.807) is 12.4 Å². The molecule has 110 valence electrons. The van der Waals surface area contributed by atoms with Gasteiger partial charge in [0.2, 0.25) is 0 Å². The van der Waals surface area contributed by atoms with Crippen molar-refractivity contribution in [2.45, 2.75) is 33.3 Å². The Kier molecular flexibility index (Phi) is 4.95. The van der Waals surface area contributed by atoms with E-state index in [1.807, 2.05) is 13.0 Å². The zero-order valence-corrected chi connectivity index (χ0v) is 12.3. The Morgan fingerprint density at radius 3 is 3.00 bits per heavy atom. The first-order chi connectivity index (χ1) is 9.56. The van der Waals surface area contributed by atoms with Crippen molar-refractivity contribution in [2.24, 2.45) is 11.8 Å². The Balaban J connectivity index is 1.80. The summed E-state index contributed by atoms with van der Waals surface area (Å²) in [5.74, 6) is 0.879. The third-order valence-corrected chi connectivity index (χ3v) is 3.58. The molecule has 1 aromatic heterocycles. The lowest BCUT2D eigenvalue weighted by Gasteiger charge is -2.22. The number of rotatable bonds is 4. The van der Waals surface area contributed by atoms with E-state index in [0.717, 1.165) is 18.6 Å². The Bertz CT molecular complexity index is 462. The molecule has 2 atom stereocenters. The minimum atomic E-state index is -0.188. The van der Waals surface area contributed by atoms with Gasteiger partial charge in [-0.3, -0.25) is 4.98 Å². The number of carbonyl (C=O) groups excluding carboxylic acids is 1. The molecule has 0 saturated carbocycles. The molecule has 5 heteroatoms. The molecule has 2 amide bonds. The summed E-state index contributed by atoms with van der Waals surface area (Å²) >= 11 is 0. The molecule has 0 aromatic carbocycles. The minimum absolute atomic E-state index is 0.188. The first kappa shape index (κ1) is 14.8. The summed E-state index contributed by atoms with van der Waals surface area (Å²) in [4.78, 5) is 15.9. The number of aryl methyl sites for hydroxylation is 1. The summed E-state index contributed by atoms with van der Waals surface area (Å²) in [6.07, 6.45) is 4.65. The van der Waals surface area contributed by atoms with Crippen LogP contribution in [0.15, 0.2) is 18.5 Å². The second kappa shape index (κ2) is 6.70. The molecule has 0 aliphatic carbocycles. The topological polar surface area (TPSA) is 63.2 Å². The van der Waals surface area contributed by atoms with E-state index in [-0.39, 0.29) is 12.1 Å². The van der Waals surface area contributed by atoms with Crippen LogP contribution in [-0.4, -0.2) is 30.3 Å². The minimum Gasteiger partial charge on any atom is -0.378 e. The standard InChI is InChI=1S/C15H23N3O2/c1-10(2)14-12(4-5-20-14)8-17-15(19)18-13-6-11(3)7-16-9-13/h6-7,9-10,12,14H,4-5,8H2,1-3H3,(H2,17,18,19)/t12-,14-/m1/s1. The smallest absolute Gasteiger partial charge is 0.319 e. The fourth-order valence-electron chi connectivity index (χ4n) is 2.63. The number of amides is 2. The normalized spacial score (nSPS) is 22.0. The van der Waals surface area contributed by atoms with Gasteiger partial charge in [-0.25, -0.2) is 4.79 Å². The fourth-order valence-corrected chi connectivity index (χ4v) is 2.63. The van der Waals surface area contributed by atoms with Crippen molar-refractivity contribution >= 4 is 11.7 Å². The van der Waals surface area contributed by atoms with Gasteiger partial charge < -0.3 is 15.4 Å². The van der Waals surface area contributed by atoms with Gasteiger partial charge in [0, 0.05) is 25.3 Å². The van der Waals surface area contributed by atoms with E-state index in [4.69, 9.17) is 4.74 Å². The molecule has 0 radical (unpaired) electrons. The van der Waals surface area contributed by atoms with Gasteiger partial charge in [-0.1, -0.05) is 13.8 Å². The van der Waals surface area contributed by atoms with Crippen LogP contribution in [-0.2, 0) is 4.74 Å². The zero-order valence-electron chi connectivity index (χ0n) is 12.3. The van der Waals surface area contributed by atoms with Crippen molar-refractivity contribution in [3.8, 4) is 0 Å². The number of nitrogens with one attached hydrogen (secondary N) is 2. The highest BCUT2D eigenvalue weighted by Crippen LogP contribution is 2.26. The Hall–Kier alpha value is -1.62. The van der Waals surface area contributed by atoms with Gasteiger partial charge in [0.05, 0.1) is 18.0 Å². The van der Waals surface area contributed by atoms with Crippen LogP contribution in [0, 0.1) is 18.8 Å². The lowest BCUT2D eigenvalue weighted by Crippen LogP contribution is -2.37. The maximum absolute atomic E-state index is 11.9. The van der Waals surface area contributed by atoms with Gasteiger partial charge in [0.25, 0.3) is 0 Å². The Labute approximate surface area is 120 Å². The van der Waals surface area contributed by atoms with E-state index >= 15 is 0 Å². The number of carbonyl (C=O) groups is 1. The van der Waals surface area contributed by atoms with Crippen molar-refractivity contribution < 1.29 is 9.53 Å².